The molecule has 0 unspecified atom stereocenters. The van der Waals surface area contributed by atoms with E-state index in [4.69, 9.17) is 14.1 Å². The molecule has 4 aromatic heterocycles. The Bertz CT molecular complexity index is 2800. The molecule has 0 saturated heterocycles. The van der Waals surface area contributed by atoms with E-state index in [0.29, 0.717) is 6.67 Å². The van der Waals surface area contributed by atoms with E-state index in [-0.39, 0.29) is 5.41 Å². The normalized spacial score (nSPS) is 13.4. The molecule has 0 aliphatic carbocycles. The molecule has 10 rings (SSSR count). The van der Waals surface area contributed by atoms with Crippen molar-refractivity contribution in [3.05, 3.63) is 127 Å². The van der Waals surface area contributed by atoms with Crippen molar-refractivity contribution >= 4 is 81.5 Å². The lowest BCUT2D eigenvalue weighted by Crippen LogP contribution is -2.24. The number of fused-ring (bicyclic) bond motifs is 10. The number of thiophene rings is 1. The van der Waals surface area contributed by atoms with Crippen LogP contribution in [0.1, 0.15) is 26.3 Å². The number of hydrogen-bond acceptors (Lipinski definition) is 6. The number of nitrogens with zero attached hydrogens (tertiary/aromatic N) is 4. The summed E-state index contributed by atoms with van der Waals surface area (Å²) in [4.78, 5) is 9.42. The van der Waals surface area contributed by atoms with Gasteiger partial charge in [0.2, 0.25) is 5.88 Å². The summed E-state index contributed by atoms with van der Waals surface area (Å²) in [5.41, 5.74) is 6.47. The van der Waals surface area contributed by atoms with Crippen molar-refractivity contribution in [3.63, 3.8) is 0 Å². The van der Waals surface area contributed by atoms with E-state index in [9.17, 15) is 0 Å². The second-order valence-electron chi connectivity index (χ2n) is 14.2. The Hall–Kier alpha value is -5.79. The fraction of sp³-hybridized carbons (Fsp3) is 0.140. The minimum Gasteiger partial charge on any atom is -0.457 e. The van der Waals surface area contributed by atoms with Gasteiger partial charge in [0.25, 0.3) is 0 Å². The fourth-order valence-electron chi connectivity index (χ4n) is 7.57. The zero-order chi connectivity index (χ0) is 33.7. The Morgan fingerprint density at radius 2 is 1.54 bits per heavy atom. The van der Waals surface area contributed by atoms with Crippen LogP contribution >= 0.6 is 11.3 Å². The van der Waals surface area contributed by atoms with Gasteiger partial charge in [0.05, 0.1) is 17.7 Å². The van der Waals surface area contributed by atoms with Crippen LogP contribution in [0.2, 0.25) is 0 Å². The predicted molar refractivity (Wildman–Crippen MR) is 208 cm³/mol. The maximum Gasteiger partial charge on any atom is 0.226 e. The zero-order valence-corrected chi connectivity index (χ0v) is 29.1. The lowest BCUT2D eigenvalue weighted by molar-refractivity contribution is 0.483. The Balaban J connectivity index is 1.12. The van der Waals surface area contributed by atoms with E-state index in [1.165, 1.54) is 42.0 Å². The molecular formula is C43H34N4O2S. The van der Waals surface area contributed by atoms with Gasteiger partial charge in [0.15, 0.2) is 0 Å². The number of furan rings is 1. The highest BCUT2D eigenvalue weighted by atomic mass is 32.1. The van der Waals surface area contributed by atoms with Crippen molar-refractivity contribution in [1.82, 2.24) is 9.55 Å². The van der Waals surface area contributed by atoms with E-state index in [2.05, 4.69) is 133 Å². The van der Waals surface area contributed by atoms with Crippen molar-refractivity contribution in [1.29, 1.82) is 0 Å². The number of pyridine rings is 1. The molecule has 5 heterocycles. The van der Waals surface area contributed by atoms with Crippen LogP contribution in [0.3, 0.4) is 0 Å². The Morgan fingerprint density at radius 3 is 2.42 bits per heavy atom. The number of rotatable bonds is 4. The van der Waals surface area contributed by atoms with Gasteiger partial charge >= 0.3 is 0 Å². The maximum atomic E-state index is 6.67. The van der Waals surface area contributed by atoms with Crippen molar-refractivity contribution < 1.29 is 9.15 Å². The molecule has 0 atom stereocenters. The van der Waals surface area contributed by atoms with E-state index in [1.807, 2.05) is 41.8 Å². The van der Waals surface area contributed by atoms with Crippen molar-refractivity contribution in [3.8, 4) is 17.3 Å². The first kappa shape index (κ1) is 29.2. The standard InChI is InChI=1S/C43H34N4O2S/c1-43(2,3)26-20-21-44-38(22-26)47-34-24-29(16-17-30(34)31-18-19-37-39(40(31)47)33-13-6-8-15-36(33)50-37)48-28-11-9-10-27(23-28)46-25-45(4)41-32-12-5-7-14-35(32)49-42(41)46/h5-24H,25H2,1-4H3. The summed E-state index contributed by atoms with van der Waals surface area (Å²) in [6.45, 7) is 7.44. The average Bonchev–Trinajstić information content (AvgIpc) is 3.86. The third-order valence-electron chi connectivity index (χ3n) is 9.98. The maximum absolute atomic E-state index is 6.67. The number of hydrogen-bond donors (Lipinski definition) is 0. The van der Waals surface area contributed by atoms with Gasteiger partial charge in [-0.3, -0.25) is 9.47 Å². The van der Waals surface area contributed by atoms with Gasteiger partial charge in [-0.2, -0.15) is 0 Å². The SMILES string of the molecule is CN1CN(c2cccc(Oc3ccc4c5ccc6sc7ccccc7c6c5n(-c5cc(C(C)(C)C)ccn5)c4c3)c2)c2oc3ccccc3c21. The molecule has 50 heavy (non-hydrogen) atoms. The Morgan fingerprint density at radius 1 is 0.740 bits per heavy atom. The summed E-state index contributed by atoms with van der Waals surface area (Å²) < 4.78 is 17.9. The largest absolute Gasteiger partial charge is 0.457 e. The topological polar surface area (TPSA) is 46.7 Å². The minimum absolute atomic E-state index is 0.0204. The van der Waals surface area contributed by atoms with E-state index in [1.54, 1.807) is 0 Å². The van der Waals surface area contributed by atoms with Crippen molar-refractivity contribution in [2.45, 2.75) is 26.2 Å². The van der Waals surface area contributed by atoms with Gasteiger partial charge in [-0.05, 0) is 71.6 Å². The summed E-state index contributed by atoms with van der Waals surface area (Å²) in [5, 5.41) is 6.02. The molecule has 0 saturated carbocycles. The summed E-state index contributed by atoms with van der Waals surface area (Å²) in [6, 6.07) is 40.5. The zero-order valence-electron chi connectivity index (χ0n) is 28.3. The summed E-state index contributed by atoms with van der Waals surface area (Å²) in [6.07, 6.45) is 1.94. The molecule has 244 valence electrons. The lowest BCUT2D eigenvalue weighted by atomic mass is 9.88. The van der Waals surface area contributed by atoms with Crippen LogP contribution in [0.4, 0.5) is 17.3 Å². The fourth-order valence-corrected chi connectivity index (χ4v) is 8.68. The van der Waals surface area contributed by atoms with Gasteiger partial charge in [0, 0.05) is 67.4 Å². The van der Waals surface area contributed by atoms with Crippen LogP contribution in [-0.2, 0) is 5.41 Å². The van der Waals surface area contributed by atoms with Crippen molar-refractivity contribution in [2.24, 2.45) is 0 Å². The highest BCUT2D eigenvalue weighted by molar-refractivity contribution is 7.26. The first-order chi connectivity index (χ1) is 24.3. The number of aromatic nitrogens is 2. The molecular weight excluding hydrogens is 637 g/mol. The third-order valence-corrected chi connectivity index (χ3v) is 11.1. The second-order valence-corrected chi connectivity index (χ2v) is 15.3. The first-order valence-electron chi connectivity index (χ1n) is 17.0. The van der Waals surface area contributed by atoms with Gasteiger partial charge in [-0.15, -0.1) is 11.3 Å². The van der Waals surface area contributed by atoms with Crippen LogP contribution in [-0.4, -0.2) is 23.3 Å². The molecule has 7 heteroatoms. The van der Waals surface area contributed by atoms with Gasteiger partial charge in [-0.25, -0.2) is 4.98 Å². The molecule has 1 aliphatic heterocycles. The summed E-state index contributed by atoms with van der Waals surface area (Å²) in [7, 11) is 2.11. The smallest absolute Gasteiger partial charge is 0.226 e. The lowest BCUT2D eigenvalue weighted by Gasteiger charge is -2.20. The van der Waals surface area contributed by atoms with Crippen LogP contribution in [0.15, 0.2) is 126 Å². The third kappa shape index (κ3) is 4.36. The second kappa shape index (κ2) is 10.6. The highest BCUT2D eigenvalue weighted by Crippen LogP contribution is 2.48. The first-order valence-corrected chi connectivity index (χ1v) is 17.8. The minimum atomic E-state index is -0.0204. The Labute approximate surface area is 293 Å². The molecule has 6 nitrogen and oxygen atoms in total. The monoisotopic (exact) mass is 670 g/mol. The molecule has 0 amide bonds. The van der Waals surface area contributed by atoms with Crippen molar-refractivity contribution in [2.75, 3.05) is 23.5 Å². The van der Waals surface area contributed by atoms with Gasteiger partial charge in [-0.1, -0.05) is 63.2 Å². The molecule has 1 aliphatic rings. The number of para-hydroxylation sites is 1. The van der Waals surface area contributed by atoms with Crippen LogP contribution in [0.5, 0.6) is 11.5 Å². The number of anilines is 3. The predicted octanol–water partition coefficient (Wildman–Crippen LogP) is 11.9. The van der Waals surface area contributed by atoms with E-state index in [0.717, 1.165) is 51.1 Å². The molecule has 0 spiro atoms. The van der Waals surface area contributed by atoms with Crippen LogP contribution in [0, 0.1) is 0 Å². The molecule has 0 fully saturated rings. The number of ether oxygens (including phenoxy) is 1. The molecule has 0 N–H and O–H groups in total. The highest BCUT2D eigenvalue weighted by Gasteiger charge is 2.31. The molecule has 0 radical (unpaired) electrons. The average molecular weight is 671 g/mol. The quantitative estimate of drug-likeness (QED) is 0.186. The van der Waals surface area contributed by atoms with Crippen LogP contribution in [0.25, 0.3) is 58.8 Å². The molecule has 9 aromatic rings. The van der Waals surface area contributed by atoms with E-state index < -0.39 is 0 Å². The molecule has 5 aromatic carbocycles. The number of benzene rings is 5. The Kier molecular flexibility index (Phi) is 6.18. The summed E-state index contributed by atoms with van der Waals surface area (Å²) in [5.74, 6) is 3.28. The summed E-state index contributed by atoms with van der Waals surface area (Å²) >= 11 is 1.84. The van der Waals surface area contributed by atoms with Gasteiger partial charge < -0.3 is 14.1 Å². The molecule has 0 bridgehead atoms. The van der Waals surface area contributed by atoms with E-state index >= 15 is 0 Å². The van der Waals surface area contributed by atoms with Gasteiger partial charge in [0.1, 0.15) is 28.6 Å². The van der Waals surface area contributed by atoms with Crippen LogP contribution < -0.4 is 14.5 Å².